The Balaban J connectivity index is 0. The van der Waals surface area contributed by atoms with Gasteiger partial charge in [0.25, 0.3) is 12.6 Å². The summed E-state index contributed by atoms with van der Waals surface area (Å²) in [7, 11) is 0. The highest BCUT2D eigenvalue weighted by atomic mass is 35.5. The summed E-state index contributed by atoms with van der Waals surface area (Å²) < 4.78 is 0. The van der Waals surface area contributed by atoms with E-state index in [1.807, 2.05) is 0 Å². The monoisotopic (exact) mass is 181 g/mol. The van der Waals surface area contributed by atoms with Crippen LogP contribution in [0, 0.1) is 6.57 Å². The van der Waals surface area contributed by atoms with Crippen LogP contribution in [0.5, 0.6) is 0 Å². The average Bonchev–Trinajstić information content (AvgIpc) is 1.90. The lowest BCUT2D eigenvalue weighted by Gasteiger charge is -2.06. The van der Waals surface area contributed by atoms with Gasteiger partial charge in [-0.05, 0) is 12.8 Å². The van der Waals surface area contributed by atoms with Crippen LogP contribution < -0.4 is 12.4 Å². The fourth-order valence-electron chi connectivity index (χ4n) is 1.23. The zero-order chi connectivity index (χ0) is 5.82. The molecule has 0 saturated heterocycles. The van der Waals surface area contributed by atoms with Crippen LogP contribution in [0.3, 0.4) is 0 Å². The van der Waals surface area contributed by atoms with Gasteiger partial charge in [-0.1, -0.05) is 11.3 Å². The van der Waals surface area contributed by atoms with Crippen molar-refractivity contribution in [2.45, 2.75) is 38.1 Å². The van der Waals surface area contributed by atoms with E-state index in [0.717, 1.165) is 0 Å². The van der Waals surface area contributed by atoms with E-state index in [-0.39, 0.29) is 24.8 Å². The Morgan fingerprint density at radius 3 is 1.90 bits per heavy atom. The predicted octanol–water partition coefficient (Wildman–Crippen LogP) is -0.292. The van der Waals surface area contributed by atoms with Crippen molar-refractivity contribution in [3.8, 4) is 6.57 Å². The van der Waals surface area contributed by atoms with E-state index in [1.165, 1.54) is 32.1 Å². The van der Waals surface area contributed by atoms with E-state index in [2.05, 4.69) is 4.85 Å². The first-order chi connectivity index (χ1) is 3.93. The molecule has 1 saturated carbocycles. The van der Waals surface area contributed by atoms with E-state index in [9.17, 15) is 0 Å². The van der Waals surface area contributed by atoms with Crippen LogP contribution in [0.25, 0.3) is 4.85 Å². The van der Waals surface area contributed by atoms with Gasteiger partial charge < -0.3 is 12.4 Å². The fourth-order valence-corrected chi connectivity index (χ4v) is 1.23. The minimum atomic E-state index is 0. The minimum Gasteiger partial charge on any atom is -1.00 e. The smallest absolute Gasteiger partial charge is 0.272 e. The fraction of sp³-hybridized carbons (Fsp3) is 0.857. The van der Waals surface area contributed by atoms with Crippen molar-refractivity contribution < 1.29 is 12.4 Å². The Hall–Kier alpha value is 0.0700. The highest BCUT2D eigenvalue weighted by Crippen LogP contribution is 2.19. The molecule has 0 heterocycles. The third-order valence-electron chi connectivity index (χ3n) is 1.79. The molecule has 0 amide bonds. The lowest BCUT2D eigenvalue weighted by Crippen LogP contribution is -3.00. The molecule has 0 aromatic heterocycles. The second-order valence-electron chi connectivity index (χ2n) is 2.44. The van der Waals surface area contributed by atoms with Gasteiger partial charge in [0.1, 0.15) is 0 Å². The van der Waals surface area contributed by atoms with Crippen molar-refractivity contribution in [3.63, 3.8) is 0 Å². The standard InChI is InChI=1S/C7H12N.2ClH/c1-8-7-5-3-2-4-6-7;;/h1,7H,2-6H2;2*1H/q+1;;/p-1. The van der Waals surface area contributed by atoms with Crippen LogP contribution in [0.15, 0.2) is 0 Å². The third kappa shape index (κ3) is 3.98. The molecular weight excluding hydrogens is 169 g/mol. The number of nitrogens with zero attached hydrogens (tertiary/aromatic N) is 1. The lowest BCUT2D eigenvalue weighted by atomic mass is 9.96. The molecule has 0 radical (unpaired) electrons. The summed E-state index contributed by atoms with van der Waals surface area (Å²) in [6.45, 7) is 5.13. The molecule has 1 fully saturated rings. The molecule has 0 unspecified atom stereocenters. The number of hydrogen-bond donors (Lipinski definition) is 0. The summed E-state index contributed by atoms with van der Waals surface area (Å²) in [4.78, 5) is 3.75. The quantitative estimate of drug-likeness (QED) is 0.484. The van der Waals surface area contributed by atoms with Crippen molar-refractivity contribution in [1.82, 2.24) is 0 Å². The molecule has 10 heavy (non-hydrogen) atoms. The average molecular weight is 182 g/mol. The zero-order valence-electron chi connectivity index (χ0n) is 5.92. The largest absolute Gasteiger partial charge is 1.00 e. The molecule has 0 aromatic carbocycles. The first-order valence-corrected chi connectivity index (χ1v) is 3.33. The molecule has 60 valence electrons. The van der Waals surface area contributed by atoms with Gasteiger partial charge in [-0.25, -0.2) is 0 Å². The highest BCUT2D eigenvalue weighted by molar-refractivity contribution is 5.85. The van der Waals surface area contributed by atoms with Crippen LogP contribution in [-0.2, 0) is 0 Å². The van der Waals surface area contributed by atoms with Crippen molar-refractivity contribution in [2.24, 2.45) is 0 Å². The topological polar surface area (TPSA) is 4.36 Å². The third-order valence-corrected chi connectivity index (χ3v) is 1.79. The van der Waals surface area contributed by atoms with Crippen LogP contribution in [0.4, 0.5) is 0 Å². The van der Waals surface area contributed by atoms with Crippen LogP contribution in [0.2, 0.25) is 0 Å². The van der Waals surface area contributed by atoms with Crippen LogP contribution >= 0.6 is 12.4 Å². The Bertz CT molecular complexity index is 103. The Morgan fingerprint density at radius 1 is 1.10 bits per heavy atom. The molecule has 1 aliphatic carbocycles. The van der Waals surface area contributed by atoms with E-state index >= 15 is 0 Å². The summed E-state index contributed by atoms with van der Waals surface area (Å²) in [6.07, 6.45) is 6.47. The van der Waals surface area contributed by atoms with Gasteiger partial charge >= 0.3 is 0 Å². The van der Waals surface area contributed by atoms with Gasteiger partial charge in [0.2, 0.25) is 0 Å². The Labute approximate surface area is 74.8 Å². The van der Waals surface area contributed by atoms with E-state index in [4.69, 9.17) is 6.57 Å². The first kappa shape index (κ1) is 12.7. The molecular formula is C7H13Cl2N. The van der Waals surface area contributed by atoms with Gasteiger partial charge in [-0.2, -0.15) is 0 Å². The molecule has 1 nitrogen and oxygen atoms in total. The van der Waals surface area contributed by atoms with Crippen LogP contribution in [-0.4, -0.2) is 6.04 Å². The second-order valence-corrected chi connectivity index (χ2v) is 2.44. The summed E-state index contributed by atoms with van der Waals surface area (Å²) in [6, 6.07) is 0.490. The Morgan fingerprint density at radius 2 is 1.60 bits per heavy atom. The van der Waals surface area contributed by atoms with Gasteiger partial charge in [0.05, 0.1) is 0 Å². The highest BCUT2D eigenvalue weighted by Gasteiger charge is 2.18. The molecule has 0 N–H and O–H groups in total. The SMILES string of the molecule is C#[N+]C1CCCCC1.Cl.[Cl-]. The molecule has 0 aliphatic heterocycles. The number of hydrogen-bond acceptors (Lipinski definition) is 0. The van der Waals surface area contributed by atoms with Gasteiger partial charge in [0, 0.05) is 12.8 Å². The number of rotatable bonds is 0. The second kappa shape index (κ2) is 7.18. The maximum absolute atomic E-state index is 5.13. The molecule has 3 heteroatoms. The first-order valence-electron chi connectivity index (χ1n) is 3.33. The molecule has 1 aliphatic rings. The summed E-state index contributed by atoms with van der Waals surface area (Å²) in [5.41, 5.74) is 0. The minimum absolute atomic E-state index is 0. The summed E-state index contributed by atoms with van der Waals surface area (Å²) in [5, 5.41) is 0. The van der Waals surface area contributed by atoms with Gasteiger partial charge in [0.15, 0.2) is 0 Å². The van der Waals surface area contributed by atoms with Gasteiger partial charge in [-0.3, -0.25) is 0 Å². The maximum Gasteiger partial charge on any atom is 0.272 e. The zero-order valence-corrected chi connectivity index (χ0v) is 7.50. The predicted molar refractivity (Wildman–Crippen MR) is 42.4 cm³/mol. The molecule has 0 aromatic rings. The van der Waals surface area contributed by atoms with Crippen molar-refractivity contribution in [3.05, 3.63) is 4.85 Å². The molecule has 0 spiro atoms. The lowest BCUT2D eigenvalue weighted by molar-refractivity contribution is -0.00000191. The Kier molecular flexibility index (Phi) is 9.13. The normalized spacial score (nSPS) is 17.9. The maximum atomic E-state index is 5.13. The van der Waals surface area contributed by atoms with E-state index in [1.54, 1.807) is 0 Å². The van der Waals surface area contributed by atoms with Gasteiger partial charge in [-0.15, -0.1) is 12.4 Å². The van der Waals surface area contributed by atoms with E-state index < -0.39 is 0 Å². The van der Waals surface area contributed by atoms with Crippen LogP contribution in [0.1, 0.15) is 32.1 Å². The van der Waals surface area contributed by atoms with Crippen molar-refractivity contribution >= 4 is 12.4 Å². The summed E-state index contributed by atoms with van der Waals surface area (Å²) in [5.74, 6) is 0. The molecule has 0 bridgehead atoms. The summed E-state index contributed by atoms with van der Waals surface area (Å²) >= 11 is 0. The molecule has 1 rings (SSSR count). The van der Waals surface area contributed by atoms with E-state index in [0.29, 0.717) is 6.04 Å². The van der Waals surface area contributed by atoms with Crippen molar-refractivity contribution in [1.29, 1.82) is 0 Å². The number of halogens is 2. The van der Waals surface area contributed by atoms with Crippen molar-refractivity contribution in [2.75, 3.05) is 0 Å². The molecule has 0 atom stereocenters.